The highest BCUT2D eigenvalue weighted by Crippen LogP contribution is 2.42. The summed E-state index contributed by atoms with van der Waals surface area (Å²) in [6, 6.07) is 7.09. The molecule has 0 spiro atoms. The lowest BCUT2D eigenvalue weighted by molar-refractivity contribution is -0.137. The first-order valence-corrected chi connectivity index (χ1v) is 13.3. The number of para-hydroxylation sites is 2. The van der Waals surface area contributed by atoms with Crippen molar-refractivity contribution in [2.75, 3.05) is 38.1 Å². The maximum absolute atomic E-state index is 13.7. The van der Waals surface area contributed by atoms with Crippen LogP contribution in [0.5, 0.6) is 0 Å². The van der Waals surface area contributed by atoms with Gasteiger partial charge in [-0.2, -0.15) is 13.2 Å². The average molecular weight is 545 g/mol. The van der Waals surface area contributed by atoms with Gasteiger partial charge in [-0.25, -0.2) is 15.0 Å². The number of likely N-dealkylation sites (N-methyl/N-ethyl adjacent to an activating group) is 1. The molecule has 1 amide bonds. The number of carbonyl (C=O) groups is 1. The van der Waals surface area contributed by atoms with E-state index in [1.165, 1.54) is 0 Å². The number of rotatable bonds is 4. The molecule has 1 saturated heterocycles. The molecule has 13 heteroatoms. The first-order valence-electron chi connectivity index (χ1n) is 12.5. The van der Waals surface area contributed by atoms with Crippen molar-refractivity contribution in [3.05, 3.63) is 47.0 Å². The van der Waals surface area contributed by atoms with E-state index in [-0.39, 0.29) is 24.2 Å². The Kier molecular flexibility index (Phi) is 6.14. The Labute approximate surface area is 220 Å². The summed E-state index contributed by atoms with van der Waals surface area (Å²) in [7, 11) is 2.05. The smallest absolute Gasteiger partial charge is 0.358 e. The highest BCUT2D eigenvalue weighted by molar-refractivity contribution is 7.16. The fourth-order valence-corrected chi connectivity index (χ4v) is 6.22. The van der Waals surface area contributed by atoms with Gasteiger partial charge in [0.05, 0.1) is 23.1 Å². The molecule has 5 heterocycles. The van der Waals surface area contributed by atoms with E-state index in [2.05, 4.69) is 31.9 Å². The molecule has 0 bridgehead atoms. The summed E-state index contributed by atoms with van der Waals surface area (Å²) in [4.78, 5) is 35.2. The van der Waals surface area contributed by atoms with Crippen molar-refractivity contribution < 1.29 is 18.0 Å². The summed E-state index contributed by atoms with van der Waals surface area (Å²) < 4.78 is 42.9. The average Bonchev–Trinajstić information content (AvgIpc) is 3.60. The number of H-pyrrole nitrogens is 1. The third-order valence-corrected chi connectivity index (χ3v) is 8.35. The zero-order valence-electron chi connectivity index (χ0n) is 21.0. The monoisotopic (exact) mass is 544 g/mol. The fourth-order valence-electron chi connectivity index (χ4n) is 5.25. The normalized spacial score (nSPS) is 18.8. The molecule has 0 unspecified atom stereocenters. The molecule has 1 N–H and O–H groups in total. The van der Waals surface area contributed by atoms with Gasteiger partial charge in [0, 0.05) is 50.9 Å². The van der Waals surface area contributed by atoms with Gasteiger partial charge in [-0.1, -0.05) is 23.5 Å². The van der Waals surface area contributed by atoms with Crippen molar-refractivity contribution in [3.8, 4) is 11.5 Å². The zero-order valence-corrected chi connectivity index (χ0v) is 21.8. The number of thiazole rings is 1. The molecule has 0 saturated carbocycles. The number of alkyl halides is 3. The van der Waals surface area contributed by atoms with Crippen LogP contribution in [-0.4, -0.2) is 79.5 Å². The van der Waals surface area contributed by atoms with Crippen molar-refractivity contribution in [1.29, 1.82) is 0 Å². The lowest BCUT2D eigenvalue weighted by Crippen LogP contribution is -2.54. The molecular weight excluding hydrogens is 517 g/mol. The molecule has 200 valence electrons. The van der Waals surface area contributed by atoms with Gasteiger partial charge in [0.2, 0.25) is 10.9 Å². The van der Waals surface area contributed by atoms with E-state index in [1.807, 2.05) is 39.5 Å². The number of piperazine rings is 1. The van der Waals surface area contributed by atoms with Gasteiger partial charge in [0.15, 0.2) is 5.82 Å². The number of nitrogens with one attached hydrogen (secondary N) is 1. The minimum atomic E-state index is -4.56. The molecule has 0 aliphatic carbocycles. The number of amides is 1. The number of hydrogen-bond acceptors (Lipinski definition) is 7. The van der Waals surface area contributed by atoms with Gasteiger partial charge in [-0.15, -0.1) is 0 Å². The maximum atomic E-state index is 13.7. The van der Waals surface area contributed by atoms with Gasteiger partial charge >= 0.3 is 6.18 Å². The molecule has 1 atom stereocenters. The molecule has 0 radical (unpaired) electrons. The van der Waals surface area contributed by atoms with Gasteiger partial charge < -0.3 is 24.3 Å². The Morgan fingerprint density at radius 2 is 2.00 bits per heavy atom. The van der Waals surface area contributed by atoms with E-state index in [4.69, 9.17) is 0 Å². The molecule has 9 nitrogen and oxygen atoms in total. The zero-order chi connectivity index (χ0) is 26.6. The van der Waals surface area contributed by atoms with Crippen LogP contribution in [0.2, 0.25) is 0 Å². The molecule has 1 fully saturated rings. The van der Waals surface area contributed by atoms with E-state index in [0.29, 0.717) is 47.3 Å². The van der Waals surface area contributed by atoms with Crippen molar-refractivity contribution in [1.82, 2.24) is 34.3 Å². The van der Waals surface area contributed by atoms with Crippen molar-refractivity contribution in [2.24, 2.45) is 0 Å². The number of anilines is 1. The Morgan fingerprint density at radius 1 is 1.18 bits per heavy atom. The second-order valence-corrected chi connectivity index (χ2v) is 10.9. The minimum Gasteiger partial charge on any atom is -0.358 e. The summed E-state index contributed by atoms with van der Waals surface area (Å²) >= 11 is 0.619. The molecule has 4 aromatic rings. The topological polar surface area (TPSA) is 86.2 Å². The number of aromatic amines is 1. The Morgan fingerprint density at radius 3 is 2.76 bits per heavy atom. The number of nitrogens with zero attached hydrogens (tertiary/aromatic N) is 7. The van der Waals surface area contributed by atoms with Gasteiger partial charge in [-0.05, 0) is 26.1 Å². The molecule has 3 aromatic heterocycles. The Bertz CT molecular complexity index is 1460. The first kappa shape index (κ1) is 24.9. The summed E-state index contributed by atoms with van der Waals surface area (Å²) in [6.07, 6.45) is -1.98. The molecule has 38 heavy (non-hydrogen) atoms. The molecule has 6 rings (SSSR count). The standard InChI is InChI=1S/C25H27F3N8OS/c1-15-11-34(9-10-36(15)20(37)13-35-14-29-18-12-33(2)8-7-19(18)35)23-21(32-24(38-23)25(26,27)28)22-30-16-5-3-4-6-17(16)31-22/h3-6,14-15H,7-13H2,1-2H3,(H,30,31)/t15-/m1/s1. The van der Waals surface area contributed by atoms with Gasteiger partial charge in [-0.3, -0.25) is 4.79 Å². The SMILES string of the molecule is C[C@@H]1CN(c2sc(C(F)(F)F)nc2-c2nc3ccccc3[nH]2)CCN1C(=O)Cn1cnc2c1CCN(C)C2. The third kappa shape index (κ3) is 4.53. The van der Waals surface area contributed by atoms with E-state index >= 15 is 0 Å². The summed E-state index contributed by atoms with van der Waals surface area (Å²) in [5, 5.41) is -0.507. The Hall–Kier alpha value is -3.45. The molecule has 2 aliphatic rings. The number of aromatic nitrogens is 5. The van der Waals surface area contributed by atoms with Crippen molar-refractivity contribution in [3.63, 3.8) is 0 Å². The number of benzene rings is 1. The number of fused-ring (bicyclic) bond motifs is 2. The minimum absolute atomic E-state index is 0.0194. The molecular formula is C25H27F3N8OS. The van der Waals surface area contributed by atoms with E-state index in [0.717, 1.165) is 36.4 Å². The summed E-state index contributed by atoms with van der Waals surface area (Å²) in [5.41, 5.74) is 3.68. The third-order valence-electron chi connectivity index (χ3n) is 7.19. The van der Waals surface area contributed by atoms with E-state index in [1.54, 1.807) is 12.4 Å². The lowest BCUT2D eigenvalue weighted by atomic mass is 10.1. The number of carbonyl (C=O) groups excluding carboxylic acids is 1. The summed E-state index contributed by atoms with van der Waals surface area (Å²) in [5.74, 6) is 0.281. The van der Waals surface area contributed by atoms with Gasteiger partial charge in [0.25, 0.3) is 0 Å². The first-order chi connectivity index (χ1) is 18.2. The molecule has 2 aliphatic heterocycles. The predicted octanol–water partition coefficient (Wildman–Crippen LogP) is 3.63. The maximum Gasteiger partial charge on any atom is 0.443 e. The quantitative estimate of drug-likeness (QED) is 0.423. The lowest BCUT2D eigenvalue weighted by Gasteiger charge is -2.40. The summed E-state index contributed by atoms with van der Waals surface area (Å²) in [6.45, 7) is 5.02. The number of halogens is 3. The van der Waals surface area contributed by atoms with Gasteiger partial charge in [0.1, 0.15) is 17.2 Å². The van der Waals surface area contributed by atoms with Crippen LogP contribution >= 0.6 is 11.3 Å². The highest BCUT2D eigenvalue weighted by Gasteiger charge is 2.39. The van der Waals surface area contributed by atoms with Crippen LogP contribution in [0.4, 0.5) is 18.2 Å². The van der Waals surface area contributed by atoms with Crippen LogP contribution < -0.4 is 4.90 Å². The van der Waals surface area contributed by atoms with Crippen molar-refractivity contribution in [2.45, 2.75) is 38.7 Å². The second kappa shape index (κ2) is 9.38. The van der Waals surface area contributed by atoms with Crippen molar-refractivity contribution >= 4 is 33.3 Å². The van der Waals surface area contributed by atoms with Crippen LogP contribution in [0, 0.1) is 0 Å². The predicted molar refractivity (Wildman–Crippen MR) is 138 cm³/mol. The van der Waals surface area contributed by atoms with Crippen LogP contribution in [0.15, 0.2) is 30.6 Å². The Balaban J connectivity index is 1.22. The van der Waals surface area contributed by atoms with Crippen LogP contribution in [0.25, 0.3) is 22.6 Å². The van der Waals surface area contributed by atoms with E-state index < -0.39 is 11.2 Å². The van der Waals surface area contributed by atoms with Crippen LogP contribution in [0.3, 0.4) is 0 Å². The second-order valence-electron chi connectivity index (χ2n) is 9.91. The number of imidazole rings is 2. The fraction of sp³-hybridized carbons (Fsp3) is 0.440. The largest absolute Gasteiger partial charge is 0.443 e. The van der Waals surface area contributed by atoms with Crippen LogP contribution in [0.1, 0.15) is 23.3 Å². The van der Waals surface area contributed by atoms with E-state index in [9.17, 15) is 18.0 Å². The van der Waals surface area contributed by atoms with Crippen LogP contribution in [-0.2, 0) is 30.5 Å². The number of hydrogen-bond donors (Lipinski definition) is 1. The molecule has 1 aromatic carbocycles. The highest BCUT2D eigenvalue weighted by atomic mass is 32.1.